The lowest BCUT2D eigenvalue weighted by Gasteiger charge is -2.34. The van der Waals surface area contributed by atoms with Gasteiger partial charge in [-0.25, -0.2) is 8.70 Å². The molecule has 12 heteroatoms. The summed E-state index contributed by atoms with van der Waals surface area (Å²) in [5, 5.41) is 3.48. The summed E-state index contributed by atoms with van der Waals surface area (Å²) in [6, 6.07) is 9.05. The van der Waals surface area contributed by atoms with Crippen LogP contribution in [0.2, 0.25) is 10.0 Å². The predicted molar refractivity (Wildman–Crippen MR) is 145 cm³/mol. The number of amides is 2. The van der Waals surface area contributed by atoms with E-state index in [1.165, 1.54) is 37.2 Å². The molecule has 0 heterocycles. The third-order valence-electron chi connectivity index (χ3n) is 5.86. The lowest BCUT2D eigenvalue weighted by Crippen LogP contribution is -2.54. The maximum atomic E-state index is 14.7. The van der Waals surface area contributed by atoms with Gasteiger partial charge in [0.25, 0.3) is 0 Å². The lowest BCUT2D eigenvalue weighted by atomic mass is 10.1. The summed E-state index contributed by atoms with van der Waals surface area (Å²) in [6.45, 7) is 4.74. The van der Waals surface area contributed by atoms with Crippen LogP contribution < -0.4 is 9.62 Å². The van der Waals surface area contributed by atoms with Crippen molar-refractivity contribution in [1.29, 1.82) is 0 Å². The molecule has 1 N–H and O–H groups in total. The normalized spacial score (nSPS) is 13.2. The minimum Gasteiger partial charge on any atom is -0.352 e. The van der Waals surface area contributed by atoms with Gasteiger partial charge in [0, 0.05) is 26.7 Å². The first kappa shape index (κ1) is 30.8. The molecule has 0 bridgehead atoms. The van der Waals surface area contributed by atoms with Crippen molar-refractivity contribution in [2.45, 2.75) is 52.2 Å². The van der Waals surface area contributed by atoms with Crippen molar-refractivity contribution in [1.82, 2.24) is 14.5 Å². The summed E-state index contributed by atoms with van der Waals surface area (Å²) in [4.78, 5) is 28.2. The van der Waals surface area contributed by atoms with Gasteiger partial charge < -0.3 is 10.2 Å². The molecule has 2 amide bonds. The van der Waals surface area contributed by atoms with E-state index < -0.39 is 34.5 Å². The summed E-state index contributed by atoms with van der Waals surface area (Å²) in [5.41, 5.74) is 0.307. The van der Waals surface area contributed by atoms with Crippen LogP contribution in [0.5, 0.6) is 0 Å². The van der Waals surface area contributed by atoms with Crippen molar-refractivity contribution >= 4 is 50.9 Å². The van der Waals surface area contributed by atoms with Crippen molar-refractivity contribution in [3.8, 4) is 0 Å². The van der Waals surface area contributed by atoms with Crippen LogP contribution in [0.1, 0.15) is 39.2 Å². The number of carbonyl (C=O) groups excluding carboxylic acids is 2. The van der Waals surface area contributed by atoms with E-state index in [2.05, 4.69) is 5.32 Å². The number of nitrogens with zero attached hydrogens (tertiary/aromatic N) is 3. The number of nitrogens with one attached hydrogen (secondary N) is 1. The third kappa shape index (κ3) is 7.80. The first-order valence-electron chi connectivity index (χ1n) is 11.8. The van der Waals surface area contributed by atoms with E-state index in [0.717, 1.165) is 10.4 Å². The highest BCUT2D eigenvalue weighted by atomic mass is 35.5. The molecule has 0 unspecified atom stereocenters. The molecule has 8 nitrogen and oxygen atoms in total. The number of hydrogen-bond acceptors (Lipinski definition) is 4. The van der Waals surface area contributed by atoms with Crippen LogP contribution in [0.15, 0.2) is 42.5 Å². The number of para-hydroxylation sites is 1. The van der Waals surface area contributed by atoms with Gasteiger partial charge in [-0.05, 0) is 49.6 Å². The van der Waals surface area contributed by atoms with Crippen molar-refractivity contribution < 1.29 is 22.4 Å². The Kier molecular flexibility index (Phi) is 11.2. The van der Waals surface area contributed by atoms with Gasteiger partial charge in [-0.3, -0.25) is 9.59 Å². The quantitative estimate of drug-likeness (QED) is 0.405. The number of benzene rings is 2. The molecule has 0 aliphatic heterocycles. The Balaban J connectivity index is 2.54. The van der Waals surface area contributed by atoms with E-state index in [4.69, 9.17) is 23.2 Å². The van der Waals surface area contributed by atoms with Gasteiger partial charge in [-0.1, -0.05) is 55.2 Å². The molecule has 2 aromatic rings. The summed E-state index contributed by atoms with van der Waals surface area (Å²) < 4.78 is 42.6. The van der Waals surface area contributed by atoms with Crippen LogP contribution in [0.3, 0.4) is 0 Å². The second-order valence-corrected chi connectivity index (χ2v) is 11.6. The zero-order valence-electron chi connectivity index (χ0n) is 21.5. The second-order valence-electron chi connectivity index (χ2n) is 8.76. The van der Waals surface area contributed by atoms with Crippen LogP contribution in [0, 0.1) is 5.82 Å². The molecule has 0 saturated heterocycles. The van der Waals surface area contributed by atoms with E-state index in [0.29, 0.717) is 21.3 Å². The largest absolute Gasteiger partial charge is 0.352 e. The number of carbonyl (C=O) groups is 2. The minimum atomic E-state index is -4.26. The van der Waals surface area contributed by atoms with E-state index in [-0.39, 0.29) is 35.6 Å². The van der Waals surface area contributed by atoms with Crippen molar-refractivity contribution in [2.24, 2.45) is 0 Å². The Hall–Kier alpha value is -2.40. The molecule has 0 spiro atoms. The summed E-state index contributed by atoms with van der Waals surface area (Å²) in [7, 11) is -1.69. The molecule has 204 valence electrons. The zero-order valence-corrected chi connectivity index (χ0v) is 23.9. The fourth-order valence-corrected chi connectivity index (χ4v) is 4.94. The maximum absolute atomic E-state index is 14.7. The molecular formula is C25H33Cl2FN4O4S. The van der Waals surface area contributed by atoms with Gasteiger partial charge in [0.1, 0.15) is 18.4 Å². The third-order valence-corrected chi connectivity index (χ3v) is 8.41. The van der Waals surface area contributed by atoms with Gasteiger partial charge in [0.05, 0.1) is 15.7 Å². The van der Waals surface area contributed by atoms with Crippen LogP contribution in [-0.2, 0) is 26.3 Å². The molecule has 2 aromatic carbocycles. The monoisotopic (exact) mass is 574 g/mol. The molecule has 0 saturated carbocycles. The van der Waals surface area contributed by atoms with Crippen molar-refractivity contribution in [2.75, 3.05) is 24.9 Å². The Bertz CT molecular complexity index is 1210. The van der Waals surface area contributed by atoms with Crippen LogP contribution >= 0.6 is 23.2 Å². The Morgan fingerprint density at radius 1 is 1.03 bits per heavy atom. The Morgan fingerprint density at radius 3 is 2.22 bits per heavy atom. The van der Waals surface area contributed by atoms with Gasteiger partial charge in [-0.2, -0.15) is 12.7 Å². The summed E-state index contributed by atoms with van der Waals surface area (Å²) in [5.74, 6) is -1.87. The molecule has 0 aliphatic rings. The topological polar surface area (TPSA) is 90.0 Å². The molecule has 0 aliphatic carbocycles. The number of rotatable bonds is 12. The van der Waals surface area contributed by atoms with Gasteiger partial charge in [0.2, 0.25) is 11.8 Å². The smallest absolute Gasteiger partial charge is 0.304 e. The molecule has 0 radical (unpaired) electrons. The summed E-state index contributed by atoms with van der Waals surface area (Å²) >= 11 is 12.2. The lowest BCUT2D eigenvalue weighted by molar-refractivity contribution is -0.140. The highest BCUT2D eigenvalue weighted by molar-refractivity contribution is 7.90. The Morgan fingerprint density at radius 2 is 1.68 bits per heavy atom. The van der Waals surface area contributed by atoms with E-state index in [1.807, 2.05) is 13.8 Å². The first-order valence-corrected chi connectivity index (χ1v) is 14.0. The van der Waals surface area contributed by atoms with E-state index in [9.17, 15) is 22.4 Å². The number of anilines is 1. The average Bonchev–Trinajstić information content (AvgIpc) is 2.84. The van der Waals surface area contributed by atoms with E-state index in [1.54, 1.807) is 25.1 Å². The highest BCUT2D eigenvalue weighted by Crippen LogP contribution is 2.26. The predicted octanol–water partition coefficient (Wildman–Crippen LogP) is 4.47. The SMILES string of the molecule is CC[C@@H](C)NC(=O)[C@@H](CC)N(Cc1ccc(Cl)c(Cl)c1)C(=O)CN(c1ccccc1F)S(=O)(=O)N(C)C. The van der Waals surface area contributed by atoms with Gasteiger partial charge in [-0.15, -0.1) is 0 Å². The molecule has 0 fully saturated rings. The van der Waals surface area contributed by atoms with Gasteiger partial charge in [0.15, 0.2) is 0 Å². The minimum absolute atomic E-state index is 0.0464. The molecule has 37 heavy (non-hydrogen) atoms. The second kappa shape index (κ2) is 13.4. The number of halogens is 3. The molecule has 0 aromatic heterocycles. The fraction of sp³-hybridized carbons (Fsp3) is 0.440. The molecule has 2 atom stereocenters. The highest BCUT2D eigenvalue weighted by Gasteiger charge is 2.35. The van der Waals surface area contributed by atoms with Crippen LogP contribution in [0.4, 0.5) is 10.1 Å². The number of hydrogen-bond donors (Lipinski definition) is 1. The fourth-order valence-electron chi connectivity index (χ4n) is 3.55. The maximum Gasteiger partial charge on any atom is 0.304 e. The Labute approximate surface area is 228 Å². The van der Waals surface area contributed by atoms with Gasteiger partial charge >= 0.3 is 10.2 Å². The summed E-state index contributed by atoms with van der Waals surface area (Å²) in [6.07, 6.45) is 0.945. The van der Waals surface area contributed by atoms with Crippen molar-refractivity contribution in [3.63, 3.8) is 0 Å². The van der Waals surface area contributed by atoms with Crippen LogP contribution in [0.25, 0.3) is 0 Å². The van der Waals surface area contributed by atoms with Crippen molar-refractivity contribution in [3.05, 3.63) is 63.9 Å². The molecular weight excluding hydrogens is 542 g/mol. The van der Waals surface area contributed by atoms with E-state index >= 15 is 0 Å². The first-order chi connectivity index (χ1) is 17.3. The standard InChI is InChI=1S/C25H33Cl2FN4O4S/c1-6-17(3)29-25(34)22(7-2)31(15-18-12-13-19(26)20(27)14-18)24(33)16-32(37(35,36)30(4)5)23-11-9-8-10-21(23)28/h8-14,17,22H,6-7,15-16H2,1-5H3,(H,29,34)/t17-,22-/m1/s1. The zero-order chi connectivity index (χ0) is 27.9. The molecule has 2 rings (SSSR count). The van der Waals surface area contributed by atoms with Crippen LogP contribution in [-0.4, -0.2) is 62.2 Å². The average molecular weight is 576 g/mol.